The van der Waals surface area contributed by atoms with Crippen molar-refractivity contribution in [1.29, 1.82) is 0 Å². The molecular weight excluding hydrogens is 236 g/mol. The summed E-state index contributed by atoms with van der Waals surface area (Å²) in [5.41, 5.74) is -0.493. The van der Waals surface area contributed by atoms with Crippen molar-refractivity contribution < 1.29 is 19.4 Å². The van der Waals surface area contributed by atoms with Crippen LogP contribution in [0.4, 0.5) is 4.79 Å². The van der Waals surface area contributed by atoms with E-state index in [1.165, 1.54) is 0 Å². The lowest BCUT2D eigenvalue weighted by Gasteiger charge is -2.20. The number of ether oxygens (including phenoxy) is 1. The molecule has 2 atom stereocenters. The minimum absolute atomic E-state index is 0.293. The predicted molar refractivity (Wildman–Crippen MR) is 66.4 cm³/mol. The molecule has 1 fully saturated rings. The molecule has 1 heterocycles. The van der Waals surface area contributed by atoms with Gasteiger partial charge in [-0.15, -0.1) is 0 Å². The van der Waals surface area contributed by atoms with Gasteiger partial charge in [0, 0.05) is 6.54 Å². The topological polar surface area (TPSA) is 87.7 Å². The Balaban J connectivity index is 2.16. The normalized spacial score (nSPS) is 23.7. The number of rotatable bonds is 4. The van der Waals surface area contributed by atoms with Gasteiger partial charge in [-0.2, -0.15) is 0 Å². The molecule has 3 N–H and O–H groups in total. The third kappa shape index (κ3) is 5.35. The molecule has 0 saturated carbocycles. The van der Waals surface area contributed by atoms with Crippen molar-refractivity contribution >= 4 is 12.1 Å². The summed E-state index contributed by atoms with van der Waals surface area (Å²) < 4.78 is 5.10. The van der Waals surface area contributed by atoms with Gasteiger partial charge in [0.1, 0.15) is 11.6 Å². The van der Waals surface area contributed by atoms with Crippen molar-refractivity contribution in [2.24, 2.45) is 5.92 Å². The Morgan fingerprint density at radius 2 is 2.11 bits per heavy atom. The van der Waals surface area contributed by atoms with Crippen molar-refractivity contribution in [3.63, 3.8) is 0 Å². The van der Waals surface area contributed by atoms with E-state index in [1.54, 1.807) is 0 Å². The van der Waals surface area contributed by atoms with Gasteiger partial charge in [0.25, 0.3) is 0 Å². The number of hydrogen-bond acceptors (Lipinski definition) is 4. The van der Waals surface area contributed by atoms with Gasteiger partial charge in [0.15, 0.2) is 0 Å². The zero-order chi connectivity index (χ0) is 13.8. The lowest BCUT2D eigenvalue weighted by Crippen LogP contribution is -2.33. The number of hydrogen-bond donors (Lipinski definition) is 3. The molecule has 0 aliphatic carbocycles. The Bertz CT molecular complexity index is 312. The van der Waals surface area contributed by atoms with Gasteiger partial charge >= 0.3 is 12.1 Å². The number of carbonyl (C=O) groups is 2. The molecule has 1 amide bonds. The maximum absolute atomic E-state index is 11.4. The summed E-state index contributed by atoms with van der Waals surface area (Å²) in [6.07, 6.45) is 0.949. The molecule has 1 unspecified atom stereocenters. The molecule has 0 radical (unpaired) electrons. The highest BCUT2D eigenvalue weighted by atomic mass is 16.6. The maximum Gasteiger partial charge on any atom is 0.407 e. The first-order valence-corrected chi connectivity index (χ1v) is 6.21. The molecule has 0 aromatic heterocycles. The molecule has 18 heavy (non-hydrogen) atoms. The zero-order valence-corrected chi connectivity index (χ0v) is 11.2. The fourth-order valence-electron chi connectivity index (χ4n) is 1.91. The molecule has 1 aliphatic heterocycles. The van der Waals surface area contributed by atoms with Crippen LogP contribution in [-0.2, 0) is 9.53 Å². The average molecular weight is 258 g/mol. The number of nitrogens with one attached hydrogen (secondary N) is 2. The molecule has 0 spiro atoms. The number of amides is 1. The van der Waals surface area contributed by atoms with E-state index in [9.17, 15) is 9.59 Å². The number of carboxylic acid groups (broad SMARTS) is 1. The summed E-state index contributed by atoms with van der Waals surface area (Å²) in [4.78, 5) is 22.1. The van der Waals surface area contributed by atoms with Crippen LogP contribution in [0.1, 0.15) is 33.6 Å². The monoisotopic (exact) mass is 258 g/mol. The smallest absolute Gasteiger partial charge is 0.407 e. The minimum Gasteiger partial charge on any atom is -0.480 e. The van der Waals surface area contributed by atoms with Crippen LogP contribution in [0.15, 0.2) is 0 Å². The number of alkyl carbamates (subject to hydrolysis) is 1. The SMILES string of the molecule is CC(C)(C)OC(=O)NCCC1CN[C@H](C(=O)O)C1. The van der Waals surface area contributed by atoms with Gasteiger partial charge in [-0.25, -0.2) is 4.79 Å². The molecule has 0 aromatic carbocycles. The molecule has 6 nitrogen and oxygen atoms in total. The number of aliphatic carboxylic acids is 1. The van der Waals surface area contributed by atoms with Gasteiger partial charge < -0.3 is 20.5 Å². The standard InChI is InChI=1S/C12H22N2O4/c1-12(2,3)18-11(17)13-5-4-8-6-9(10(15)16)14-7-8/h8-9,14H,4-7H2,1-3H3,(H,13,17)(H,15,16)/t8?,9-/m0/s1. The lowest BCUT2D eigenvalue weighted by molar-refractivity contribution is -0.139. The number of carboxylic acids is 1. The van der Waals surface area contributed by atoms with Crippen LogP contribution in [0.5, 0.6) is 0 Å². The van der Waals surface area contributed by atoms with Crippen molar-refractivity contribution in [3.05, 3.63) is 0 Å². The lowest BCUT2D eigenvalue weighted by atomic mass is 10.0. The van der Waals surface area contributed by atoms with Crippen LogP contribution < -0.4 is 10.6 Å². The Kier molecular flexibility index (Phi) is 4.95. The Morgan fingerprint density at radius 3 is 2.61 bits per heavy atom. The summed E-state index contributed by atoms with van der Waals surface area (Å²) in [6.45, 7) is 6.63. The molecule has 1 saturated heterocycles. The first-order valence-electron chi connectivity index (χ1n) is 6.21. The Hall–Kier alpha value is -1.30. The van der Waals surface area contributed by atoms with Gasteiger partial charge in [-0.05, 0) is 46.1 Å². The molecule has 0 aromatic rings. The highest BCUT2D eigenvalue weighted by Crippen LogP contribution is 2.17. The largest absolute Gasteiger partial charge is 0.480 e. The van der Waals surface area contributed by atoms with Crippen LogP contribution in [0.3, 0.4) is 0 Å². The maximum atomic E-state index is 11.4. The highest BCUT2D eigenvalue weighted by molar-refractivity contribution is 5.73. The number of carbonyl (C=O) groups excluding carboxylic acids is 1. The summed E-state index contributed by atoms with van der Waals surface area (Å²) >= 11 is 0. The first kappa shape index (κ1) is 14.8. The second-order valence-electron chi connectivity index (χ2n) is 5.62. The summed E-state index contributed by atoms with van der Waals surface area (Å²) in [6, 6.07) is -0.448. The second-order valence-corrected chi connectivity index (χ2v) is 5.62. The zero-order valence-electron chi connectivity index (χ0n) is 11.2. The minimum atomic E-state index is -0.808. The van der Waals surface area contributed by atoms with E-state index in [4.69, 9.17) is 9.84 Å². The van der Waals surface area contributed by atoms with Crippen molar-refractivity contribution in [2.45, 2.75) is 45.3 Å². The predicted octanol–water partition coefficient (Wildman–Crippen LogP) is 0.964. The van der Waals surface area contributed by atoms with Crippen LogP contribution in [0.25, 0.3) is 0 Å². The quantitative estimate of drug-likeness (QED) is 0.699. The Labute approximate surface area is 107 Å². The highest BCUT2D eigenvalue weighted by Gasteiger charge is 2.28. The van der Waals surface area contributed by atoms with E-state index in [1.807, 2.05) is 20.8 Å². The van der Waals surface area contributed by atoms with Crippen LogP contribution in [0, 0.1) is 5.92 Å². The van der Waals surface area contributed by atoms with Gasteiger partial charge in [0.05, 0.1) is 0 Å². The van der Waals surface area contributed by atoms with E-state index in [-0.39, 0.29) is 0 Å². The van der Waals surface area contributed by atoms with E-state index < -0.39 is 23.7 Å². The molecule has 6 heteroatoms. The van der Waals surface area contributed by atoms with Gasteiger partial charge in [-0.1, -0.05) is 0 Å². The van der Waals surface area contributed by atoms with Gasteiger partial charge in [0.2, 0.25) is 0 Å². The van der Waals surface area contributed by atoms with Gasteiger partial charge in [-0.3, -0.25) is 4.79 Å². The molecular formula is C12H22N2O4. The van der Waals surface area contributed by atoms with Crippen molar-refractivity contribution in [3.8, 4) is 0 Å². The van der Waals surface area contributed by atoms with Crippen LogP contribution >= 0.6 is 0 Å². The fourth-order valence-corrected chi connectivity index (χ4v) is 1.91. The van der Waals surface area contributed by atoms with Crippen LogP contribution in [0.2, 0.25) is 0 Å². The first-order chi connectivity index (χ1) is 8.28. The summed E-state index contributed by atoms with van der Waals surface area (Å²) in [5, 5.41) is 14.4. The van der Waals surface area contributed by atoms with Crippen LogP contribution in [-0.4, -0.2) is 41.9 Å². The second kappa shape index (κ2) is 6.04. The van der Waals surface area contributed by atoms with E-state index in [0.717, 1.165) is 6.42 Å². The molecule has 104 valence electrons. The van der Waals surface area contributed by atoms with E-state index >= 15 is 0 Å². The van der Waals surface area contributed by atoms with E-state index in [2.05, 4.69) is 10.6 Å². The summed E-state index contributed by atoms with van der Waals surface area (Å²) in [7, 11) is 0. The average Bonchev–Trinajstić information content (AvgIpc) is 2.63. The third-order valence-electron chi connectivity index (χ3n) is 2.74. The van der Waals surface area contributed by atoms with Crippen molar-refractivity contribution in [1.82, 2.24) is 10.6 Å². The molecule has 1 aliphatic rings. The fraction of sp³-hybridized carbons (Fsp3) is 0.833. The third-order valence-corrected chi connectivity index (χ3v) is 2.74. The summed E-state index contributed by atoms with van der Waals surface area (Å²) in [5.74, 6) is -0.515. The molecule has 0 bridgehead atoms. The van der Waals surface area contributed by atoms with E-state index in [0.29, 0.717) is 25.4 Å². The Morgan fingerprint density at radius 1 is 1.44 bits per heavy atom. The van der Waals surface area contributed by atoms with Crippen molar-refractivity contribution in [2.75, 3.05) is 13.1 Å². The molecule has 1 rings (SSSR count).